The lowest BCUT2D eigenvalue weighted by Crippen LogP contribution is -2.44. The predicted molar refractivity (Wildman–Crippen MR) is 137 cm³/mol. The van der Waals surface area contributed by atoms with Crippen LogP contribution in [0.25, 0.3) is 22.3 Å². The van der Waals surface area contributed by atoms with E-state index in [0.717, 1.165) is 36.6 Å². The molecule has 4 N–H and O–H groups in total. The lowest BCUT2D eigenvalue weighted by atomic mass is 9.89. The van der Waals surface area contributed by atoms with Crippen molar-refractivity contribution in [2.24, 2.45) is 5.73 Å². The number of H-pyrrole nitrogens is 1. The van der Waals surface area contributed by atoms with Gasteiger partial charge in [0, 0.05) is 34.9 Å². The van der Waals surface area contributed by atoms with Crippen LogP contribution in [-0.2, 0) is 12.0 Å². The molecule has 1 aliphatic carbocycles. The Morgan fingerprint density at radius 3 is 2.53 bits per heavy atom. The van der Waals surface area contributed by atoms with E-state index in [0.29, 0.717) is 29.7 Å². The highest BCUT2D eigenvalue weighted by molar-refractivity contribution is 5.82. The summed E-state index contributed by atoms with van der Waals surface area (Å²) in [5.74, 6) is 0. The van der Waals surface area contributed by atoms with Crippen LogP contribution in [0.4, 0.5) is 13.2 Å². The molecule has 4 rings (SSSR count). The van der Waals surface area contributed by atoms with Crippen LogP contribution in [0.5, 0.6) is 0 Å². The van der Waals surface area contributed by atoms with Gasteiger partial charge in [0.2, 0.25) is 0 Å². The Morgan fingerprint density at radius 1 is 1.22 bits per heavy atom. The number of hydrogen-bond donors (Lipinski definition) is 3. The number of nitrogens with zero attached hydrogens (tertiary/aromatic N) is 2. The third-order valence-corrected chi connectivity index (χ3v) is 6.94. The Kier molecular flexibility index (Phi) is 7.35. The van der Waals surface area contributed by atoms with Gasteiger partial charge in [0.15, 0.2) is 0 Å². The maximum absolute atomic E-state index is 14.2. The Hall–Kier alpha value is -2.65. The van der Waals surface area contributed by atoms with Gasteiger partial charge < -0.3 is 10.7 Å². The van der Waals surface area contributed by atoms with Gasteiger partial charge in [-0.3, -0.25) is 9.88 Å². The molecule has 1 aliphatic rings. The number of rotatable bonds is 8. The van der Waals surface area contributed by atoms with E-state index < -0.39 is 17.8 Å². The van der Waals surface area contributed by atoms with Crippen molar-refractivity contribution < 1.29 is 13.2 Å². The number of aromatic nitrogens is 3. The molecule has 2 aromatic heterocycles. The fourth-order valence-corrected chi connectivity index (χ4v) is 4.69. The zero-order valence-corrected chi connectivity index (χ0v) is 21.4. The summed E-state index contributed by atoms with van der Waals surface area (Å²) < 4.78 is 44.1. The summed E-state index contributed by atoms with van der Waals surface area (Å²) >= 11 is 0. The van der Waals surface area contributed by atoms with Crippen LogP contribution in [0.3, 0.4) is 0 Å². The molecule has 0 bridgehead atoms. The van der Waals surface area contributed by atoms with E-state index in [1.807, 2.05) is 39.8 Å². The summed E-state index contributed by atoms with van der Waals surface area (Å²) in [5.41, 5.74) is 7.96. The van der Waals surface area contributed by atoms with Crippen molar-refractivity contribution in [1.82, 2.24) is 19.9 Å². The number of nitrogens with two attached hydrogens (primary N) is 1. The lowest BCUT2D eigenvalue weighted by molar-refractivity contribution is -0.161. The van der Waals surface area contributed by atoms with Crippen LogP contribution in [0.1, 0.15) is 77.0 Å². The molecule has 1 fully saturated rings. The number of aromatic amines is 1. The molecule has 2 atom stereocenters. The third kappa shape index (κ3) is 5.83. The van der Waals surface area contributed by atoms with Gasteiger partial charge in [-0.2, -0.15) is 18.2 Å². The molecule has 1 saturated carbocycles. The molecular weight excluding hydrogens is 467 g/mol. The van der Waals surface area contributed by atoms with E-state index in [4.69, 9.17) is 5.73 Å². The normalized spacial score (nSPS) is 16.8. The first kappa shape index (κ1) is 26.4. The van der Waals surface area contributed by atoms with Gasteiger partial charge in [-0.15, -0.1) is 0 Å². The predicted octanol–water partition coefficient (Wildman–Crippen LogP) is 5.56. The number of hydrogen-bond acceptors (Lipinski definition) is 4. The molecule has 36 heavy (non-hydrogen) atoms. The fourth-order valence-electron chi connectivity index (χ4n) is 4.69. The maximum Gasteiger partial charge on any atom is 0.407 e. The minimum atomic E-state index is -4.40. The van der Waals surface area contributed by atoms with Gasteiger partial charge in [-0.1, -0.05) is 18.6 Å². The Bertz CT molecular complexity index is 1270. The number of fused-ring (bicyclic) bond motifs is 1. The molecule has 0 amide bonds. The first-order valence-electron chi connectivity index (χ1n) is 12.7. The molecule has 196 valence electrons. The Balaban J connectivity index is 1.74. The van der Waals surface area contributed by atoms with Crippen molar-refractivity contribution in [2.75, 3.05) is 0 Å². The minimum absolute atomic E-state index is 0.0151. The molecule has 0 radical (unpaired) electrons. The SMILES string of the molecule is C[C@H](N)CCCc1cc(-c2cc3cn(C(C)(C)C)c(=O)nc3[nH]2)ccc1C(NC1CCC1)C(F)(F)F. The van der Waals surface area contributed by atoms with Crippen LogP contribution in [-0.4, -0.2) is 32.8 Å². The van der Waals surface area contributed by atoms with Crippen LogP contribution in [0.2, 0.25) is 0 Å². The molecule has 1 unspecified atom stereocenters. The van der Waals surface area contributed by atoms with Crippen LogP contribution < -0.4 is 16.7 Å². The first-order valence-corrected chi connectivity index (χ1v) is 12.7. The highest BCUT2D eigenvalue weighted by Crippen LogP contribution is 2.38. The average Bonchev–Trinajstić information content (AvgIpc) is 3.13. The maximum atomic E-state index is 14.2. The van der Waals surface area contributed by atoms with Crippen molar-refractivity contribution in [3.63, 3.8) is 0 Å². The summed E-state index contributed by atoms with van der Waals surface area (Å²) in [4.78, 5) is 19.9. The third-order valence-electron chi connectivity index (χ3n) is 6.94. The molecule has 0 spiro atoms. The molecular formula is C27H36F3N5O. The molecule has 9 heteroatoms. The Morgan fingerprint density at radius 2 is 1.94 bits per heavy atom. The number of halogens is 3. The van der Waals surface area contributed by atoms with E-state index in [2.05, 4.69) is 15.3 Å². The van der Waals surface area contributed by atoms with Crippen molar-refractivity contribution in [3.8, 4) is 11.3 Å². The minimum Gasteiger partial charge on any atom is -0.339 e. The van der Waals surface area contributed by atoms with E-state index in [1.165, 1.54) is 0 Å². The molecule has 3 aromatic rings. The summed E-state index contributed by atoms with van der Waals surface area (Å²) in [7, 11) is 0. The average molecular weight is 504 g/mol. The second-order valence-corrected chi connectivity index (χ2v) is 11.1. The number of aryl methyl sites for hydroxylation is 1. The van der Waals surface area contributed by atoms with E-state index in [9.17, 15) is 18.0 Å². The van der Waals surface area contributed by atoms with Crippen LogP contribution >= 0.6 is 0 Å². The van der Waals surface area contributed by atoms with Crippen molar-refractivity contribution >= 4 is 11.0 Å². The van der Waals surface area contributed by atoms with Crippen molar-refractivity contribution in [2.45, 2.75) is 96.1 Å². The van der Waals surface area contributed by atoms with E-state index >= 15 is 0 Å². The van der Waals surface area contributed by atoms with Crippen molar-refractivity contribution in [3.05, 3.63) is 52.1 Å². The Labute approximate surface area is 209 Å². The van der Waals surface area contributed by atoms with Gasteiger partial charge in [-0.25, -0.2) is 4.79 Å². The lowest BCUT2D eigenvalue weighted by Gasteiger charge is -2.33. The largest absolute Gasteiger partial charge is 0.407 e. The highest BCUT2D eigenvalue weighted by Gasteiger charge is 2.43. The van der Waals surface area contributed by atoms with E-state index in [-0.39, 0.29) is 23.3 Å². The number of nitrogens with one attached hydrogen (secondary N) is 2. The van der Waals surface area contributed by atoms with Gasteiger partial charge in [0.25, 0.3) is 0 Å². The summed E-state index contributed by atoms with van der Waals surface area (Å²) in [5, 5.41) is 3.62. The molecule has 1 aromatic carbocycles. The number of alkyl halides is 3. The van der Waals surface area contributed by atoms with Gasteiger partial charge in [-0.05, 0) is 88.6 Å². The molecule has 0 aliphatic heterocycles. The molecule has 0 saturated heterocycles. The molecule has 2 heterocycles. The first-order chi connectivity index (χ1) is 16.8. The zero-order chi connectivity index (χ0) is 26.3. The fraction of sp³-hybridized carbons (Fsp3) is 0.556. The van der Waals surface area contributed by atoms with Gasteiger partial charge in [0.1, 0.15) is 11.7 Å². The summed E-state index contributed by atoms with van der Waals surface area (Å²) in [6, 6.07) is 5.19. The van der Waals surface area contributed by atoms with Gasteiger partial charge in [0.05, 0.1) is 0 Å². The van der Waals surface area contributed by atoms with Crippen molar-refractivity contribution in [1.29, 1.82) is 0 Å². The summed E-state index contributed by atoms with van der Waals surface area (Å²) in [6.45, 7) is 7.69. The van der Waals surface area contributed by atoms with E-state index in [1.54, 1.807) is 22.9 Å². The highest BCUT2D eigenvalue weighted by atomic mass is 19.4. The summed E-state index contributed by atoms with van der Waals surface area (Å²) in [6.07, 6.45) is 1.78. The quantitative estimate of drug-likeness (QED) is 0.375. The zero-order valence-electron chi connectivity index (χ0n) is 21.4. The number of benzene rings is 1. The van der Waals surface area contributed by atoms with Crippen LogP contribution in [0.15, 0.2) is 35.3 Å². The second-order valence-electron chi connectivity index (χ2n) is 11.1. The standard InChI is InChI=1S/C27H36F3N5O/c1-16(31)7-5-8-17-13-18(11-12-21(17)23(27(28,29)30)32-20-9-6-10-20)22-14-19-15-35(26(2,3)4)25(36)34-24(19)33-22/h11-16,20,23,32H,5-10,31H2,1-4H3,(H,33,34,36)/t16-,23?/m0/s1. The molecule has 6 nitrogen and oxygen atoms in total. The van der Waals surface area contributed by atoms with Gasteiger partial charge >= 0.3 is 11.9 Å². The monoisotopic (exact) mass is 503 g/mol. The smallest absolute Gasteiger partial charge is 0.339 e. The topological polar surface area (TPSA) is 88.7 Å². The van der Waals surface area contributed by atoms with Crippen LogP contribution in [0, 0.1) is 0 Å². The second kappa shape index (κ2) is 10.0.